The van der Waals surface area contributed by atoms with Crippen LogP contribution < -0.4 is 10.1 Å². The molecule has 19 heavy (non-hydrogen) atoms. The van der Waals surface area contributed by atoms with E-state index in [1.807, 2.05) is 24.3 Å². The highest BCUT2D eigenvalue weighted by atomic mass is 16.5. The molecule has 1 heterocycles. The Morgan fingerprint density at radius 3 is 2.84 bits per heavy atom. The van der Waals surface area contributed by atoms with Crippen molar-refractivity contribution in [2.75, 3.05) is 20.2 Å². The van der Waals surface area contributed by atoms with Crippen LogP contribution in [0, 0.1) is 11.3 Å². The van der Waals surface area contributed by atoms with Crippen molar-refractivity contribution in [1.82, 2.24) is 5.32 Å². The van der Waals surface area contributed by atoms with Crippen LogP contribution in [0.2, 0.25) is 0 Å². The summed E-state index contributed by atoms with van der Waals surface area (Å²) in [6.07, 6.45) is 3.94. The number of ketones is 1. The minimum Gasteiger partial charge on any atom is -0.496 e. The van der Waals surface area contributed by atoms with Crippen molar-refractivity contribution in [2.45, 2.75) is 25.7 Å². The second kappa shape index (κ2) is 4.97. The van der Waals surface area contributed by atoms with E-state index in [0.29, 0.717) is 23.5 Å². The van der Waals surface area contributed by atoms with Gasteiger partial charge in [-0.2, -0.15) is 0 Å². The lowest BCUT2D eigenvalue weighted by Crippen LogP contribution is -2.31. The molecule has 1 unspecified atom stereocenters. The highest BCUT2D eigenvalue weighted by molar-refractivity contribution is 5.87. The Morgan fingerprint density at radius 1 is 1.37 bits per heavy atom. The van der Waals surface area contributed by atoms with Gasteiger partial charge in [-0.15, -0.1) is 0 Å². The molecule has 0 aromatic heterocycles. The number of piperidine rings is 1. The molecule has 0 bridgehead atoms. The number of benzene rings is 1. The van der Waals surface area contributed by atoms with E-state index >= 15 is 0 Å². The molecule has 3 heteroatoms. The number of hydrogen-bond acceptors (Lipinski definition) is 3. The molecule has 2 aliphatic rings. The van der Waals surface area contributed by atoms with Crippen LogP contribution in [0.15, 0.2) is 24.3 Å². The molecule has 0 amide bonds. The molecule has 102 valence electrons. The van der Waals surface area contributed by atoms with Gasteiger partial charge in [-0.3, -0.25) is 4.79 Å². The van der Waals surface area contributed by atoms with Gasteiger partial charge in [0.15, 0.2) is 0 Å². The Balaban J connectivity index is 1.66. The molecule has 1 aromatic rings. The first-order valence-electron chi connectivity index (χ1n) is 7.10. The Bertz CT molecular complexity index is 477. The fourth-order valence-electron chi connectivity index (χ4n) is 3.44. The Hall–Kier alpha value is -1.35. The van der Waals surface area contributed by atoms with Crippen LogP contribution in [-0.4, -0.2) is 26.0 Å². The average Bonchev–Trinajstić information content (AvgIpc) is 3.14. The van der Waals surface area contributed by atoms with Gasteiger partial charge in [0, 0.05) is 17.9 Å². The summed E-state index contributed by atoms with van der Waals surface area (Å²) < 4.78 is 5.32. The van der Waals surface area contributed by atoms with Crippen LogP contribution in [0.1, 0.15) is 24.8 Å². The van der Waals surface area contributed by atoms with Crippen LogP contribution in [0.3, 0.4) is 0 Å². The predicted molar refractivity (Wildman–Crippen MR) is 74.3 cm³/mol. The number of para-hydroxylation sites is 1. The maximum Gasteiger partial charge on any atom is 0.141 e. The van der Waals surface area contributed by atoms with Crippen LogP contribution in [-0.2, 0) is 11.2 Å². The third kappa shape index (κ3) is 2.39. The molecule has 1 saturated heterocycles. The number of hydrogen-bond donors (Lipinski definition) is 1. The molecule has 0 radical (unpaired) electrons. The van der Waals surface area contributed by atoms with Crippen molar-refractivity contribution in [3.05, 3.63) is 29.8 Å². The summed E-state index contributed by atoms with van der Waals surface area (Å²) in [5.74, 6) is 1.52. The number of carbonyl (C=O) groups excluding carboxylic acids is 1. The standard InChI is InChI=1S/C16H21NO2/c1-19-15-5-3-2-4-12(15)10-14(18)13-11-16(13)6-8-17-9-7-16/h2-5,13,17H,6-11H2,1H3. The number of carbonyl (C=O) groups is 1. The first-order chi connectivity index (χ1) is 9.25. The van der Waals surface area contributed by atoms with E-state index in [1.54, 1.807) is 7.11 Å². The quantitative estimate of drug-likeness (QED) is 0.901. The first kappa shape index (κ1) is 12.7. The fraction of sp³-hybridized carbons (Fsp3) is 0.562. The normalized spacial score (nSPS) is 24.2. The number of Topliss-reactive ketones (excluding diaryl/α,β-unsaturated/α-hetero) is 1. The van der Waals surface area contributed by atoms with Crippen molar-refractivity contribution < 1.29 is 9.53 Å². The van der Waals surface area contributed by atoms with Gasteiger partial charge in [-0.05, 0) is 43.8 Å². The second-order valence-corrected chi connectivity index (χ2v) is 5.82. The molecular weight excluding hydrogens is 238 g/mol. The van der Waals surface area contributed by atoms with Crippen molar-refractivity contribution >= 4 is 5.78 Å². The minimum atomic E-state index is 0.291. The zero-order chi connectivity index (χ0) is 13.3. The molecule has 1 spiro atoms. The summed E-state index contributed by atoms with van der Waals surface area (Å²) in [5.41, 5.74) is 1.36. The van der Waals surface area contributed by atoms with E-state index in [9.17, 15) is 4.79 Å². The van der Waals surface area contributed by atoms with Crippen molar-refractivity contribution in [2.24, 2.45) is 11.3 Å². The smallest absolute Gasteiger partial charge is 0.141 e. The van der Waals surface area contributed by atoms with E-state index in [2.05, 4.69) is 5.32 Å². The van der Waals surface area contributed by atoms with E-state index in [1.165, 1.54) is 0 Å². The van der Waals surface area contributed by atoms with Crippen LogP contribution in [0.5, 0.6) is 5.75 Å². The number of methoxy groups -OCH3 is 1. The minimum absolute atomic E-state index is 0.291. The van der Waals surface area contributed by atoms with Crippen LogP contribution in [0.25, 0.3) is 0 Å². The largest absolute Gasteiger partial charge is 0.496 e. The number of ether oxygens (including phenoxy) is 1. The molecule has 1 N–H and O–H groups in total. The lowest BCUT2D eigenvalue weighted by atomic mass is 9.89. The highest BCUT2D eigenvalue weighted by Gasteiger charge is 2.56. The fourth-order valence-corrected chi connectivity index (χ4v) is 3.44. The average molecular weight is 259 g/mol. The number of nitrogens with one attached hydrogen (secondary N) is 1. The van der Waals surface area contributed by atoms with Crippen LogP contribution >= 0.6 is 0 Å². The maximum atomic E-state index is 12.4. The van der Waals surface area contributed by atoms with Gasteiger partial charge in [0.25, 0.3) is 0 Å². The molecule has 1 aromatic carbocycles. The zero-order valence-electron chi connectivity index (χ0n) is 11.4. The van der Waals surface area contributed by atoms with Gasteiger partial charge in [-0.1, -0.05) is 18.2 Å². The lowest BCUT2D eigenvalue weighted by Gasteiger charge is -2.23. The van der Waals surface area contributed by atoms with E-state index < -0.39 is 0 Å². The molecule has 1 aliphatic carbocycles. The van der Waals surface area contributed by atoms with E-state index in [0.717, 1.165) is 43.7 Å². The van der Waals surface area contributed by atoms with Gasteiger partial charge >= 0.3 is 0 Å². The lowest BCUT2D eigenvalue weighted by molar-refractivity contribution is -0.120. The zero-order valence-corrected chi connectivity index (χ0v) is 11.4. The van der Waals surface area contributed by atoms with Gasteiger partial charge in [0.2, 0.25) is 0 Å². The topological polar surface area (TPSA) is 38.3 Å². The van der Waals surface area contributed by atoms with Crippen LogP contribution in [0.4, 0.5) is 0 Å². The molecule has 3 rings (SSSR count). The Morgan fingerprint density at radius 2 is 2.11 bits per heavy atom. The third-order valence-corrected chi connectivity index (χ3v) is 4.73. The monoisotopic (exact) mass is 259 g/mol. The summed E-state index contributed by atoms with van der Waals surface area (Å²) in [7, 11) is 1.66. The molecule has 1 saturated carbocycles. The molecule has 3 nitrogen and oxygen atoms in total. The SMILES string of the molecule is COc1ccccc1CC(=O)C1CC12CCNCC2. The summed E-state index contributed by atoms with van der Waals surface area (Å²) in [5, 5.41) is 3.38. The summed E-state index contributed by atoms with van der Waals surface area (Å²) in [4.78, 5) is 12.4. The number of rotatable bonds is 4. The molecule has 2 fully saturated rings. The molecular formula is C16H21NO2. The van der Waals surface area contributed by atoms with Crippen molar-refractivity contribution in [3.63, 3.8) is 0 Å². The highest BCUT2D eigenvalue weighted by Crippen LogP contribution is 2.59. The second-order valence-electron chi connectivity index (χ2n) is 5.82. The van der Waals surface area contributed by atoms with Crippen molar-refractivity contribution in [3.8, 4) is 5.75 Å². The summed E-state index contributed by atoms with van der Waals surface area (Å²) in [6.45, 7) is 2.14. The molecule has 1 aliphatic heterocycles. The van der Waals surface area contributed by atoms with Gasteiger partial charge in [0.1, 0.15) is 11.5 Å². The first-order valence-corrected chi connectivity index (χ1v) is 7.10. The van der Waals surface area contributed by atoms with Crippen molar-refractivity contribution in [1.29, 1.82) is 0 Å². The van der Waals surface area contributed by atoms with E-state index in [4.69, 9.17) is 4.74 Å². The summed E-state index contributed by atoms with van der Waals surface area (Å²) in [6, 6.07) is 7.83. The maximum absolute atomic E-state index is 12.4. The predicted octanol–water partition coefficient (Wildman–Crippen LogP) is 2.20. The van der Waals surface area contributed by atoms with Gasteiger partial charge in [0.05, 0.1) is 7.11 Å². The Kier molecular flexibility index (Phi) is 3.31. The third-order valence-electron chi connectivity index (χ3n) is 4.73. The Labute approximate surface area is 114 Å². The van der Waals surface area contributed by atoms with E-state index in [-0.39, 0.29) is 0 Å². The summed E-state index contributed by atoms with van der Waals surface area (Å²) >= 11 is 0. The van der Waals surface area contributed by atoms with Gasteiger partial charge < -0.3 is 10.1 Å². The van der Waals surface area contributed by atoms with Gasteiger partial charge in [-0.25, -0.2) is 0 Å². The molecule has 1 atom stereocenters.